The molecule has 0 spiro atoms. The van der Waals surface area contributed by atoms with Gasteiger partial charge in [0, 0.05) is 35.2 Å². The lowest BCUT2D eigenvalue weighted by molar-refractivity contribution is 0.415. The largest absolute Gasteiger partial charge is 0.497 e. The van der Waals surface area contributed by atoms with Gasteiger partial charge >= 0.3 is 0 Å². The number of benzene rings is 3. The number of methoxy groups -OCH3 is 1. The summed E-state index contributed by atoms with van der Waals surface area (Å²) in [6, 6.07) is 25.1. The summed E-state index contributed by atoms with van der Waals surface area (Å²) in [5.74, 6) is 1.28. The van der Waals surface area contributed by atoms with Gasteiger partial charge in [0.25, 0.3) is 0 Å². The highest BCUT2D eigenvalue weighted by atomic mass is 19.1. The van der Waals surface area contributed by atoms with Gasteiger partial charge in [-0.2, -0.15) is 0 Å². The summed E-state index contributed by atoms with van der Waals surface area (Å²) in [6.07, 6.45) is 2.84. The Morgan fingerprint density at radius 3 is 2.23 bits per heavy atom. The van der Waals surface area contributed by atoms with Gasteiger partial charge in [-0.05, 0) is 55.2 Å². The van der Waals surface area contributed by atoms with Gasteiger partial charge in [0.2, 0.25) is 0 Å². The summed E-state index contributed by atoms with van der Waals surface area (Å²) in [7, 11) is 3.69. The molecule has 0 atom stereocenters. The van der Waals surface area contributed by atoms with Crippen molar-refractivity contribution in [2.24, 2.45) is 4.99 Å². The van der Waals surface area contributed by atoms with E-state index < -0.39 is 0 Å². The second-order valence-corrected chi connectivity index (χ2v) is 8.41. The molecule has 0 N–H and O–H groups in total. The highest BCUT2D eigenvalue weighted by molar-refractivity contribution is 6.25. The van der Waals surface area contributed by atoms with Gasteiger partial charge in [-0.25, -0.2) is 9.38 Å². The van der Waals surface area contributed by atoms with E-state index in [0.29, 0.717) is 5.56 Å². The molecule has 4 rings (SSSR count). The van der Waals surface area contributed by atoms with Gasteiger partial charge < -0.3 is 9.64 Å². The van der Waals surface area contributed by atoms with Crippen LogP contribution in [0.3, 0.4) is 0 Å². The molecule has 35 heavy (non-hydrogen) atoms. The molecule has 3 aromatic carbocycles. The molecule has 178 valence electrons. The van der Waals surface area contributed by atoms with E-state index >= 15 is 4.39 Å². The Balaban J connectivity index is 1.97. The fraction of sp³-hybridized carbons (Fsp3) is 0.194. The standard InChI is InChI=1S/C31H31FN2O/c1-6-25(22-13-9-8-10-14-22)30(26-15-11-12-16-27(26)32)31-33-21(3)29(28(7-2)34(31)4)23-17-19-24(35-5)20-18-23/h6,8-20H,7H2,1-5H3/b25-6-,31-30+. The minimum atomic E-state index is -0.269. The van der Waals surface area contributed by atoms with Crippen molar-refractivity contribution in [1.82, 2.24) is 4.90 Å². The minimum absolute atomic E-state index is 0.269. The lowest BCUT2D eigenvalue weighted by atomic mass is 9.90. The Kier molecular flexibility index (Phi) is 7.31. The van der Waals surface area contributed by atoms with E-state index in [-0.39, 0.29) is 5.82 Å². The first kappa shape index (κ1) is 24.2. The van der Waals surface area contributed by atoms with Crippen molar-refractivity contribution >= 4 is 22.4 Å². The van der Waals surface area contributed by atoms with Crippen molar-refractivity contribution in [1.29, 1.82) is 0 Å². The molecule has 4 heteroatoms. The first-order valence-corrected chi connectivity index (χ1v) is 11.9. The highest BCUT2D eigenvalue weighted by Gasteiger charge is 2.28. The van der Waals surface area contributed by atoms with Gasteiger partial charge in [0.1, 0.15) is 17.4 Å². The number of nitrogens with zero attached hydrogens (tertiary/aromatic N) is 2. The minimum Gasteiger partial charge on any atom is -0.497 e. The molecule has 0 unspecified atom stereocenters. The smallest absolute Gasteiger partial charge is 0.141 e. The third-order valence-electron chi connectivity index (χ3n) is 6.37. The summed E-state index contributed by atoms with van der Waals surface area (Å²) in [5, 5.41) is 0. The third-order valence-corrected chi connectivity index (χ3v) is 6.37. The molecule has 0 bridgehead atoms. The van der Waals surface area contributed by atoms with Crippen molar-refractivity contribution in [3.8, 4) is 5.75 Å². The Bertz CT molecular complexity index is 1330. The summed E-state index contributed by atoms with van der Waals surface area (Å²) < 4.78 is 20.6. The van der Waals surface area contributed by atoms with Crippen LogP contribution in [0.2, 0.25) is 0 Å². The second kappa shape index (κ2) is 10.6. The normalized spacial score (nSPS) is 15.8. The number of halogens is 1. The van der Waals surface area contributed by atoms with Crippen LogP contribution in [0.15, 0.2) is 101 Å². The number of hydrogen-bond donors (Lipinski definition) is 0. The van der Waals surface area contributed by atoms with Crippen molar-refractivity contribution in [3.05, 3.63) is 119 Å². The van der Waals surface area contributed by atoms with Crippen molar-refractivity contribution < 1.29 is 9.13 Å². The van der Waals surface area contributed by atoms with Crippen molar-refractivity contribution in [2.75, 3.05) is 14.2 Å². The molecule has 0 amide bonds. The predicted molar refractivity (Wildman–Crippen MR) is 144 cm³/mol. The van der Waals surface area contributed by atoms with Crippen molar-refractivity contribution in [3.63, 3.8) is 0 Å². The number of aliphatic imine (C=N–C) groups is 1. The molecule has 0 aliphatic carbocycles. The van der Waals surface area contributed by atoms with Crippen LogP contribution in [0.4, 0.5) is 4.39 Å². The summed E-state index contributed by atoms with van der Waals surface area (Å²) in [4.78, 5) is 7.21. The van der Waals surface area contributed by atoms with Crippen LogP contribution in [-0.4, -0.2) is 24.8 Å². The molecule has 1 aliphatic heterocycles. The molecule has 0 aromatic heterocycles. The molecule has 0 fully saturated rings. The van der Waals surface area contributed by atoms with Crippen LogP contribution in [-0.2, 0) is 0 Å². The van der Waals surface area contributed by atoms with E-state index in [0.717, 1.165) is 57.2 Å². The maximum Gasteiger partial charge on any atom is 0.141 e. The first-order chi connectivity index (χ1) is 17.0. The van der Waals surface area contributed by atoms with Gasteiger partial charge in [-0.1, -0.05) is 73.7 Å². The Morgan fingerprint density at radius 2 is 1.63 bits per heavy atom. The maximum atomic E-state index is 15.3. The molecular formula is C31H31FN2O. The fourth-order valence-electron chi connectivity index (χ4n) is 4.69. The van der Waals surface area contributed by atoms with E-state index in [1.165, 1.54) is 6.07 Å². The van der Waals surface area contributed by atoms with Crippen LogP contribution in [0.5, 0.6) is 5.75 Å². The SMILES string of the molecule is C/C=C(\C(=C1\N=C(C)C(c2ccc(OC)cc2)=C(CC)N1C)c1ccccc1F)c1ccccc1. The number of ether oxygens (including phenoxy) is 1. The van der Waals surface area contributed by atoms with E-state index in [9.17, 15) is 0 Å². The van der Waals surface area contributed by atoms with Gasteiger partial charge in [0.05, 0.1) is 7.11 Å². The highest BCUT2D eigenvalue weighted by Crippen LogP contribution is 2.41. The van der Waals surface area contributed by atoms with Crippen LogP contribution < -0.4 is 4.74 Å². The van der Waals surface area contributed by atoms with Crippen molar-refractivity contribution in [2.45, 2.75) is 27.2 Å². The van der Waals surface area contributed by atoms with Gasteiger partial charge in [-0.15, -0.1) is 0 Å². The monoisotopic (exact) mass is 466 g/mol. The molecule has 0 saturated heterocycles. The fourth-order valence-corrected chi connectivity index (χ4v) is 4.69. The van der Waals surface area contributed by atoms with Gasteiger partial charge in [-0.3, -0.25) is 0 Å². The summed E-state index contributed by atoms with van der Waals surface area (Å²) in [6.45, 7) is 6.16. The first-order valence-electron chi connectivity index (χ1n) is 11.9. The molecule has 1 aliphatic rings. The average molecular weight is 467 g/mol. The topological polar surface area (TPSA) is 24.8 Å². The number of rotatable bonds is 6. The van der Waals surface area contributed by atoms with E-state index in [2.05, 4.69) is 36.1 Å². The van der Waals surface area contributed by atoms with E-state index in [4.69, 9.17) is 9.73 Å². The van der Waals surface area contributed by atoms with E-state index in [1.54, 1.807) is 13.2 Å². The van der Waals surface area contributed by atoms with Crippen LogP contribution in [0.1, 0.15) is 43.9 Å². The van der Waals surface area contributed by atoms with Crippen LogP contribution in [0, 0.1) is 5.82 Å². The Labute approximate surface area is 207 Å². The quantitative estimate of drug-likeness (QED) is 0.370. The zero-order valence-corrected chi connectivity index (χ0v) is 21.0. The number of hydrogen-bond acceptors (Lipinski definition) is 3. The van der Waals surface area contributed by atoms with Crippen LogP contribution >= 0.6 is 0 Å². The lowest BCUT2D eigenvalue weighted by Gasteiger charge is -2.33. The lowest BCUT2D eigenvalue weighted by Crippen LogP contribution is -2.25. The number of allylic oxidation sites excluding steroid dienone is 5. The summed E-state index contributed by atoms with van der Waals surface area (Å²) in [5.41, 5.74) is 7.48. The Hall–Kier alpha value is -3.92. The zero-order valence-electron chi connectivity index (χ0n) is 21.0. The Morgan fingerprint density at radius 1 is 0.971 bits per heavy atom. The van der Waals surface area contributed by atoms with E-state index in [1.807, 2.05) is 69.4 Å². The predicted octanol–water partition coefficient (Wildman–Crippen LogP) is 7.83. The molecule has 0 radical (unpaired) electrons. The molecule has 3 nitrogen and oxygen atoms in total. The molecule has 0 saturated carbocycles. The second-order valence-electron chi connectivity index (χ2n) is 8.41. The van der Waals surface area contributed by atoms with Gasteiger partial charge in [0.15, 0.2) is 0 Å². The zero-order chi connectivity index (χ0) is 24.9. The average Bonchev–Trinajstić information content (AvgIpc) is 2.89. The molecule has 1 heterocycles. The van der Waals surface area contributed by atoms with Crippen LogP contribution in [0.25, 0.3) is 16.7 Å². The summed E-state index contributed by atoms with van der Waals surface area (Å²) >= 11 is 0. The molecule has 3 aromatic rings. The molecular weight excluding hydrogens is 435 g/mol. The maximum absolute atomic E-state index is 15.3. The third kappa shape index (κ3) is 4.69.